The molecule has 3 aromatic carbocycles. The smallest absolute Gasteiger partial charge is 0.268 e. The number of thioether (sulfide) groups is 1. The SMILES string of the molecule is O=C1/C(=C\c2ccc(-c3ccccc3)cc2)SC(=S)N1c1cccc(C(F)(F)F)c1. The van der Waals surface area contributed by atoms with Gasteiger partial charge in [-0.15, -0.1) is 0 Å². The molecular formula is C23H14F3NOS2. The number of hydrogen-bond acceptors (Lipinski definition) is 3. The first-order valence-electron chi connectivity index (χ1n) is 8.94. The van der Waals surface area contributed by atoms with Crippen molar-refractivity contribution in [2.24, 2.45) is 0 Å². The standard InChI is InChI=1S/C23H14F3NOS2/c24-23(25,26)18-7-4-8-19(14-18)27-21(28)20(30-22(27)29)13-15-9-11-17(12-10-15)16-5-2-1-3-6-16/h1-14H/b20-13+. The molecule has 1 aliphatic rings. The number of nitrogens with zero attached hydrogens (tertiary/aromatic N) is 1. The predicted molar refractivity (Wildman–Crippen MR) is 119 cm³/mol. The van der Waals surface area contributed by atoms with Gasteiger partial charge in [0, 0.05) is 0 Å². The lowest BCUT2D eigenvalue weighted by Gasteiger charge is -2.16. The molecule has 0 spiro atoms. The highest BCUT2D eigenvalue weighted by atomic mass is 32.2. The minimum atomic E-state index is -4.49. The largest absolute Gasteiger partial charge is 0.416 e. The zero-order chi connectivity index (χ0) is 21.3. The fraction of sp³-hybridized carbons (Fsp3) is 0.0435. The van der Waals surface area contributed by atoms with Crippen LogP contribution in [0.5, 0.6) is 0 Å². The van der Waals surface area contributed by atoms with Gasteiger partial charge in [0.15, 0.2) is 4.32 Å². The Hall–Kier alpha value is -2.90. The van der Waals surface area contributed by atoms with E-state index in [4.69, 9.17) is 12.2 Å². The molecular weight excluding hydrogens is 427 g/mol. The van der Waals surface area contributed by atoms with Gasteiger partial charge >= 0.3 is 6.18 Å². The summed E-state index contributed by atoms with van der Waals surface area (Å²) in [5, 5.41) is 0. The molecule has 4 rings (SSSR count). The molecule has 0 saturated carbocycles. The van der Waals surface area contributed by atoms with Crippen molar-refractivity contribution in [1.29, 1.82) is 0 Å². The number of amides is 1. The van der Waals surface area contributed by atoms with Crippen LogP contribution in [0, 0.1) is 0 Å². The molecule has 0 radical (unpaired) electrons. The highest BCUT2D eigenvalue weighted by Crippen LogP contribution is 2.38. The fourth-order valence-electron chi connectivity index (χ4n) is 3.07. The van der Waals surface area contributed by atoms with Crippen molar-refractivity contribution >= 4 is 46.0 Å². The maximum Gasteiger partial charge on any atom is 0.416 e. The van der Waals surface area contributed by atoms with Gasteiger partial charge in [0.1, 0.15) is 0 Å². The van der Waals surface area contributed by atoms with Gasteiger partial charge in [-0.3, -0.25) is 9.69 Å². The molecule has 0 atom stereocenters. The van der Waals surface area contributed by atoms with Gasteiger partial charge in [0.05, 0.1) is 16.2 Å². The van der Waals surface area contributed by atoms with Crippen LogP contribution in [-0.2, 0) is 11.0 Å². The molecule has 1 saturated heterocycles. The zero-order valence-electron chi connectivity index (χ0n) is 15.4. The summed E-state index contributed by atoms with van der Waals surface area (Å²) in [7, 11) is 0. The summed E-state index contributed by atoms with van der Waals surface area (Å²) in [5.74, 6) is -0.434. The highest BCUT2D eigenvalue weighted by Gasteiger charge is 2.36. The van der Waals surface area contributed by atoms with E-state index in [9.17, 15) is 18.0 Å². The highest BCUT2D eigenvalue weighted by molar-refractivity contribution is 8.27. The molecule has 7 heteroatoms. The van der Waals surface area contributed by atoms with E-state index in [-0.39, 0.29) is 10.0 Å². The van der Waals surface area contributed by atoms with Crippen LogP contribution in [0.2, 0.25) is 0 Å². The summed E-state index contributed by atoms with van der Waals surface area (Å²) in [6.07, 6.45) is -2.80. The molecule has 2 nitrogen and oxygen atoms in total. The first kappa shape index (κ1) is 20.4. The van der Waals surface area contributed by atoms with Crippen molar-refractivity contribution in [2.75, 3.05) is 4.90 Å². The Morgan fingerprint density at radius 2 is 1.53 bits per heavy atom. The Bertz CT molecular complexity index is 1140. The topological polar surface area (TPSA) is 20.3 Å². The average molecular weight is 441 g/mol. The van der Waals surface area contributed by atoms with E-state index in [1.807, 2.05) is 54.6 Å². The Morgan fingerprint density at radius 3 is 2.20 bits per heavy atom. The monoisotopic (exact) mass is 441 g/mol. The van der Waals surface area contributed by atoms with Crippen LogP contribution in [0.4, 0.5) is 18.9 Å². The van der Waals surface area contributed by atoms with Gasteiger partial charge in [-0.2, -0.15) is 13.2 Å². The van der Waals surface area contributed by atoms with Crippen molar-refractivity contribution in [3.05, 3.63) is 94.9 Å². The average Bonchev–Trinajstić information content (AvgIpc) is 3.01. The summed E-state index contributed by atoms with van der Waals surface area (Å²) in [6, 6.07) is 22.2. The Morgan fingerprint density at radius 1 is 0.867 bits per heavy atom. The third-order valence-electron chi connectivity index (χ3n) is 4.54. The van der Waals surface area contributed by atoms with Gasteiger partial charge in [0.2, 0.25) is 0 Å². The summed E-state index contributed by atoms with van der Waals surface area (Å²) in [4.78, 5) is 14.3. The second-order valence-corrected chi connectivity index (χ2v) is 8.23. The molecule has 3 aromatic rings. The number of alkyl halides is 3. The van der Waals surface area contributed by atoms with Gasteiger partial charge in [-0.25, -0.2) is 0 Å². The van der Waals surface area contributed by atoms with Crippen molar-refractivity contribution in [3.8, 4) is 11.1 Å². The normalized spacial score (nSPS) is 15.8. The zero-order valence-corrected chi connectivity index (χ0v) is 17.0. The summed E-state index contributed by atoms with van der Waals surface area (Å²) >= 11 is 6.33. The number of rotatable bonds is 3. The van der Waals surface area contributed by atoms with E-state index in [1.165, 1.54) is 12.1 Å². The van der Waals surface area contributed by atoms with Crippen LogP contribution >= 0.6 is 24.0 Å². The number of anilines is 1. The van der Waals surface area contributed by atoms with Crippen LogP contribution in [0.15, 0.2) is 83.8 Å². The van der Waals surface area contributed by atoms with Crippen LogP contribution in [0.1, 0.15) is 11.1 Å². The fourth-order valence-corrected chi connectivity index (χ4v) is 4.36. The molecule has 0 unspecified atom stereocenters. The first-order chi connectivity index (χ1) is 14.3. The number of benzene rings is 3. The number of hydrogen-bond donors (Lipinski definition) is 0. The summed E-state index contributed by atoms with van der Waals surface area (Å²) in [5.41, 5.74) is 2.22. The molecule has 1 amide bonds. The van der Waals surface area contributed by atoms with Crippen molar-refractivity contribution in [3.63, 3.8) is 0 Å². The molecule has 0 N–H and O–H groups in total. The molecule has 0 aromatic heterocycles. The van der Waals surface area contributed by atoms with E-state index in [1.54, 1.807) is 6.08 Å². The lowest BCUT2D eigenvalue weighted by Crippen LogP contribution is -2.27. The quantitative estimate of drug-likeness (QED) is 0.330. The molecule has 150 valence electrons. The molecule has 30 heavy (non-hydrogen) atoms. The van der Waals surface area contributed by atoms with Crippen molar-refractivity contribution < 1.29 is 18.0 Å². The van der Waals surface area contributed by atoms with Crippen LogP contribution in [-0.4, -0.2) is 10.2 Å². The van der Waals surface area contributed by atoms with Crippen molar-refractivity contribution in [1.82, 2.24) is 0 Å². The molecule has 0 aliphatic carbocycles. The Balaban J connectivity index is 1.59. The third kappa shape index (κ3) is 4.17. The van der Waals surface area contributed by atoms with Crippen molar-refractivity contribution in [2.45, 2.75) is 6.18 Å². The Labute approximate surface area is 181 Å². The number of halogens is 3. The van der Waals surface area contributed by atoms with Gasteiger partial charge in [-0.05, 0) is 41.0 Å². The predicted octanol–water partition coefficient (Wildman–Crippen LogP) is 6.78. The second kappa shape index (κ2) is 8.08. The molecule has 1 heterocycles. The molecule has 1 fully saturated rings. The van der Waals surface area contributed by atoms with E-state index < -0.39 is 17.6 Å². The van der Waals surface area contributed by atoms with Gasteiger partial charge in [-0.1, -0.05) is 84.6 Å². The minimum Gasteiger partial charge on any atom is -0.268 e. The van der Waals surface area contributed by atoms with E-state index in [0.29, 0.717) is 4.91 Å². The molecule has 0 bridgehead atoms. The van der Waals surface area contributed by atoms with E-state index in [0.717, 1.165) is 45.5 Å². The lowest BCUT2D eigenvalue weighted by molar-refractivity contribution is -0.137. The van der Waals surface area contributed by atoms with Gasteiger partial charge in [0.25, 0.3) is 5.91 Å². The number of carbonyl (C=O) groups is 1. The summed E-state index contributed by atoms with van der Waals surface area (Å²) in [6.45, 7) is 0. The maximum absolute atomic E-state index is 13.0. The lowest BCUT2D eigenvalue weighted by atomic mass is 10.0. The second-order valence-electron chi connectivity index (χ2n) is 6.55. The molecule has 1 aliphatic heterocycles. The first-order valence-corrected chi connectivity index (χ1v) is 10.2. The Kier molecular flexibility index (Phi) is 5.49. The van der Waals surface area contributed by atoms with Crippen LogP contribution in [0.3, 0.4) is 0 Å². The van der Waals surface area contributed by atoms with E-state index >= 15 is 0 Å². The third-order valence-corrected chi connectivity index (χ3v) is 5.84. The van der Waals surface area contributed by atoms with Crippen LogP contribution < -0.4 is 4.90 Å². The number of thiocarbonyl (C=S) groups is 1. The maximum atomic E-state index is 13.0. The van der Waals surface area contributed by atoms with E-state index in [2.05, 4.69) is 0 Å². The summed E-state index contributed by atoms with van der Waals surface area (Å²) < 4.78 is 39.2. The number of carbonyl (C=O) groups excluding carboxylic acids is 1. The van der Waals surface area contributed by atoms with Gasteiger partial charge < -0.3 is 0 Å². The minimum absolute atomic E-state index is 0.107. The van der Waals surface area contributed by atoms with Crippen LogP contribution in [0.25, 0.3) is 17.2 Å².